The van der Waals surface area contributed by atoms with Crippen LogP contribution in [0, 0.1) is 11.3 Å². The van der Waals surface area contributed by atoms with E-state index in [0.29, 0.717) is 11.6 Å². The monoisotopic (exact) mass is 341 g/mol. The molecule has 0 unspecified atom stereocenters. The van der Waals surface area contributed by atoms with Gasteiger partial charge in [-0.2, -0.15) is 5.26 Å². The SMILES string of the molecule is CCc1cc(N2CCN(c3nccc(C#N)n3)CC2)nc(SC)n1. The molecule has 0 saturated carbocycles. The van der Waals surface area contributed by atoms with Gasteiger partial charge in [0.1, 0.15) is 17.6 Å². The van der Waals surface area contributed by atoms with E-state index < -0.39 is 0 Å². The van der Waals surface area contributed by atoms with Crippen molar-refractivity contribution in [3.05, 3.63) is 29.7 Å². The fourth-order valence-electron chi connectivity index (χ4n) is 2.59. The molecular formula is C16H19N7S. The van der Waals surface area contributed by atoms with E-state index in [1.54, 1.807) is 24.0 Å². The average molecular weight is 341 g/mol. The summed E-state index contributed by atoms with van der Waals surface area (Å²) in [5, 5.41) is 9.78. The lowest BCUT2D eigenvalue weighted by atomic mass is 10.2. The maximum atomic E-state index is 8.97. The average Bonchev–Trinajstić information content (AvgIpc) is 2.67. The Labute approximate surface area is 145 Å². The van der Waals surface area contributed by atoms with Crippen LogP contribution in [0.2, 0.25) is 0 Å². The zero-order valence-corrected chi connectivity index (χ0v) is 14.6. The van der Waals surface area contributed by atoms with Gasteiger partial charge in [0, 0.05) is 44.1 Å². The Morgan fingerprint density at radius 2 is 1.92 bits per heavy atom. The van der Waals surface area contributed by atoms with Crippen molar-refractivity contribution in [1.82, 2.24) is 19.9 Å². The van der Waals surface area contributed by atoms with E-state index in [2.05, 4.69) is 48.8 Å². The number of nitriles is 1. The normalized spacial score (nSPS) is 14.5. The summed E-state index contributed by atoms with van der Waals surface area (Å²) in [6.07, 6.45) is 4.53. The van der Waals surface area contributed by atoms with Crippen LogP contribution in [0.4, 0.5) is 11.8 Å². The molecule has 1 aliphatic rings. The summed E-state index contributed by atoms with van der Waals surface area (Å²) < 4.78 is 0. The lowest BCUT2D eigenvalue weighted by molar-refractivity contribution is 0.629. The lowest BCUT2D eigenvalue weighted by Crippen LogP contribution is -2.47. The van der Waals surface area contributed by atoms with Crippen molar-refractivity contribution in [3.8, 4) is 6.07 Å². The summed E-state index contributed by atoms with van der Waals surface area (Å²) in [7, 11) is 0. The van der Waals surface area contributed by atoms with E-state index in [1.807, 2.05) is 6.26 Å². The molecule has 0 radical (unpaired) electrons. The van der Waals surface area contributed by atoms with Gasteiger partial charge in [-0.25, -0.2) is 19.9 Å². The predicted octanol–water partition coefficient (Wildman–Crippen LogP) is 1.75. The van der Waals surface area contributed by atoms with Crippen LogP contribution < -0.4 is 9.80 Å². The van der Waals surface area contributed by atoms with E-state index in [9.17, 15) is 0 Å². The Bertz CT molecular complexity index is 728. The van der Waals surface area contributed by atoms with Crippen LogP contribution in [0.15, 0.2) is 23.5 Å². The molecule has 24 heavy (non-hydrogen) atoms. The zero-order chi connectivity index (χ0) is 16.9. The molecule has 2 aromatic rings. The summed E-state index contributed by atoms with van der Waals surface area (Å²) >= 11 is 1.57. The largest absolute Gasteiger partial charge is 0.353 e. The number of nitrogens with zero attached hydrogens (tertiary/aromatic N) is 7. The highest BCUT2D eigenvalue weighted by atomic mass is 32.2. The van der Waals surface area contributed by atoms with Crippen LogP contribution in [0.3, 0.4) is 0 Å². The highest BCUT2D eigenvalue weighted by Crippen LogP contribution is 2.20. The number of hydrogen-bond acceptors (Lipinski definition) is 8. The lowest BCUT2D eigenvalue weighted by Gasteiger charge is -2.35. The molecule has 1 fully saturated rings. The molecule has 2 aromatic heterocycles. The quantitative estimate of drug-likeness (QED) is 0.614. The van der Waals surface area contributed by atoms with Crippen LogP contribution >= 0.6 is 11.8 Å². The molecule has 8 heteroatoms. The molecule has 1 saturated heterocycles. The van der Waals surface area contributed by atoms with Crippen molar-refractivity contribution in [2.75, 3.05) is 42.2 Å². The summed E-state index contributed by atoms with van der Waals surface area (Å²) in [6.45, 7) is 5.39. The van der Waals surface area contributed by atoms with Crippen molar-refractivity contribution < 1.29 is 0 Å². The summed E-state index contributed by atoms with van der Waals surface area (Å²) in [5.41, 5.74) is 1.47. The van der Waals surface area contributed by atoms with E-state index in [4.69, 9.17) is 5.26 Å². The smallest absolute Gasteiger partial charge is 0.226 e. The topological polar surface area (TPSA) is 81.8 Å². The van der Waals surface area contributed by atoms with Crippen LogP contribution in [0.5, 0.6) is 0 Å². The van der Waals surface area contributed by atoms with Gasteiger partial charge >= 0.3 is 0 Å². The molecule has 0 spiro atoms. The molecule has 0 atom stereocenters. The predicted molar refractivity (Wildman–Crippen MR) is 94.4 cm³/mol. The Kier molecular flexibility index (Phi) is 5.11. The maximum absolute atomic E-state index is 8.97. The van der Waals surface area contributed by atoms with Crippen molar-refractivity contribution in [1.29, 1.82) is 5.26 Å². The molecular weight excluding hydrogens is 322 g/mol. The zero-order valence-electron chi connectivity index (χ0n) is 13.8. The van der Waals surface area contributed by atoms with Crippen molar-refractivity contribution in [2.45, 2.75) is 18.5 Å². The third-order valence-electron chi connectivity index (χ3n) is 3.93. The van der Waals surface area contributed by atoms with E-state index in [-0.39, 0.29) is 0 Å². The van der Waals surface area contributed by atoms with Gasteiger partial charge < -0.3 is 9.80 Å². The van der Waals surface area contributed by atoms with Gasteiger partial charge in [-0.05, 0) is 18.7 Å². The molecule has 3 heterocycles. The van der Waals surface area contributed by atoms with Gasteiger partial charge in [0.05, 0.1) is 0 Å². The summed E-state index contributed by atoms with van der Waals surface area (Å²) in [6, 6.07) is 5.75. The highest BCUT2D eigenvalue weighted by Gasteiger charge is 2.21. The molecule has 7 nitrogen and oxygen atoms in total. The fraction of sp³-hybridized carbons (Fsp3) is 0.438. The third kappa shape index (κ3) is 3.57. The molecule has 0 aromatic carbocycles. The minimum Gasteiger partial charge on any atom is -0.353 e. The third-order valence-corrected chi connectivity index (χ3v) is 4.48. The molecule has 124 valence electrons. The Hall–Kier alpha value is -2.40. The van der Waals surface area contributed by atoms with Gasteiger partial charge in [0.25, 0.3) is 0 Å². The van der Waals surface area contributed by atoms with Gasteiger partial charge in [-0.1, -0.05) is 18.7 Å². The number of aromatic nitrogens is 4. The van der Waals surface area contributed by atoms with Crippen LogP contribution in [0.1, 0.15) is 18.3 Å². The fourth-order valence-corrected chi connectivity index (χ4v) is 2.99. The number of aryl methyl sites for hydroxylation is 1. The maximum Gasteiger partial charge on any atom is 0.226 e. The number of hydrogen-bond donors (Lipinski definition) is 0. The first-order valence-corrected chi connectivity index (χ1v) is 9.11. The van der Waals surface area contributed by atoms with E-state index in [0.717, 1.165) is 49.3 Å². The van der Waals surface area contributed by atoms with Crippen molar-refractivity contribution >= 4 is 23.5 Å². The van der Waals surface area contributed by atoms with Crippen molar-refractivity contribution in [2.24, 2.45) is 0 Å². The second-order valence-electron chi connectivity index (χ2n) is 5.39. The van der Waals surface area contributed by atoms with Crippen LogP contribution in [-0.2, 0) is 6.42 Å². The first-order valence-electron chi connectivity index (χ1n) is 7.88. The second-order valence-corrected chi connectivity index (χ2v) is 6.16. The minimum absolute atomic E-state index is 0.399. The summed E-state index contributed by atoms with van der Waals surface area (Å²) in [4.78, 5) is 22.1. The minimum atomic E-state index is 0.399. The number of rotatable bonds is 4. The molecule has 1 aliphatic heterocycles. The van der Waals surface area contributed by atoms with E-state index >= 15 is 0 Å². The first-order chi connectivity index (χ1) is 11.7. The Morgan fingerprint density at radius 3 is 2.58 bits per heavy atom. The Morgan fingerprint density at radius 1 is 1.17 bits per heavy atom. The van der Waals surface area contributed by atoms with Crippen molar-refractivity contribution in [3.63, 3.8) is 0 Å². The summed E-state index contributed by atoms with van der Waals surface area (Å²) in [5.74, 6) is 1.60. The van der Waals surface area contributed by atoms with Crippen LogP contribution in [-0.4, -0.2) is 52.4 Å². The molecule has 0 N–H and O–H groups in total. The van der Waals surface area contributed by atoms with E-state index in [1.165, 1.54) is 0 Å². The second kappa shape index (κ2) is 7.45. The van der Waals surface area contributed by atoms with Gasteiger partial charge in [0.15, 0.2) is 5.16 Å². The standard InChI is InChI=1S/C16H19N7S/c1-3-12-10-14(21-16(20-12)24-2)22-6-8-23(9-7-22)15-18-5-4-13(11-17)19-15/h4-5,10H,3,6-9H2,1-2H3. The highest BCUT2D eigenvalue weighted by molar-refractivity contribution is 7.98. The Balaban J connectivity index is 1.72. The number of piperazine rings is 1. The molecule has 0 bridgehead atoms. The first kappa shape index (κ1) is 16.5. The van der Waals surface area contributed by atoms with Gasteiger partial charge in [-0.3, -0.25) is 0 Å². The van der Waals surface area contributed by atoms with Crippen LogP contribution in [0.25, 0.3) is 0 Å². The molecule has 0 amide bonds. The number of thioether (sulfide) groups is 1. The van der Waals surface area contributed by atoms with Gasteiger partial charge in [0.2, 0.25) is 5.95 Å². The molecule has 3 rings (SSSR count). The van der Waals surface area contributed by atoms with Gasteiger partial charge in [-0.15, -0.1) is 0 Å². The number of anilines is 2. The molecule has 0 aliphatic carbocycles.